The van der Waals surface area contributed by atoms with Gasteiger partial charge in [-0.05, 0) is 45.8 Å². The Morgan fingerprint density at radius 2 is 1.90 bits per heavy atom. The molecule has 1 aliphatic rings. The van der Waals surface area contributed by atoms with Crippen LogP contribution in [-0.2, 0) is 9.59 Å². The fourth-order valence-electron chi connectivity index (χ4n) is 2.71. The highest BCUT2D eigenvalue weighted by Crippen LogP contribution is 2.09. The fraction of sp³-hybridized carbons (Fsp3) is 0.867. The molecule has 0 aromatic carbocycles. The van der Waals surface area contributed by atoms with E-state index in [1.165, 1.54) is 39.3 Å². The Balaban J connectivity index is 2.32. The molecule has 1 saturated heterocycles. The first-order chi connectivity index (χ1) is 10.0. The normalized spacial score (nSPS) is 17.7. The zero-order valence-electron chi connectivity index (χ0n) is 13.3. The number of carboxylic acid groups (broad SMARTS) is 1. The molecular weight excluding hydrogens is 270 g/mol. The third-order valence-corrected chi connectivity index (χ3v) is 4.05. The Morgan fingerprint density at radius 1 is 1.24 bits per heavy atom. The molecule has 0 saturated carbocycles. The summed E-state index contributed by atoms with van der Waals surface area (Å²) in [6.45, 7) is 8.37. The van der Waals surface area contributed by atoms with Crippen LogP contribution in [0.25, 0.3) is 0 Å². The maximum Gasteiger partial charge on any atom is 0.320 e. The monoisotopic (exact) mass is 299 g/mol. The van der Waals surface area contributed by atoms with Crippen LogP contribution in [0, 0.1) is 0 Å². The lowest BCUT2D eigenvalue weighted by Gasteiger charge is -2.29. The molecule has 1 fully saturated rings. The van der Waals surface area contributed by atoms with Gasteiger partial charge in [0.05, 0.1) is 0 Å². The molecular formula is C15H29N3O3. The Bertz CT molecular complexity index is 330. The number of rotatable bonds is 9. The highest BCUT2D eigenvalue weighted by atomic mass is 16.4. The second-order valence-electron chi connectivity index (χ2n) is 5.79. The maximum atomic E-state index is 11.2. The minimum absolute atomic E-state index is 0.0776. The minimum Gasteiger partial charge on any atom is -0.480 e. The van der Waals surface area contributed by atoms with E-state index in [9.17, 15) is 9.59 Å². The number of carbonyl (C=O) groups excluding carboxylic acids is 1. The molecule has 6 heteroatoms. The van der Waals surface area contributed by atoms with Crippen molar-refractivity contribution in [2.45, 2.75) is 45.6 Å². The molecule has 1 atom stereocenters. The summed E-state index contributed by atoms with van der Waals surface area (Å²) in [5.74, 6) is -0.887. The first-order valence-corrected chi connectivity index (χ1v) is 7.94. The summed E-state index contributed by atoms with van der Waals surface area (Å²) in [5.41, 5.74) is 0. The molecule has 122 valence electrons. The van der Waals surface area contributed by atoms with Gasteiger partial charge in [0.2, 0.25) is 5.91 Å². The quantitative estimate of drug-likeness (QED) is 0.658. The SMILES string of the molecule is CC(=O)NCCN(CCCN1CCCCC1)C(C)C(=O)O. The van der Waals surface area contributed by atoms with Crippen molar-refractivity contribution in [2.75, 3.05) is 39.3 Å². The topological polar surface area (TPSA) is 72.9 Å². The van der Waals surface area contributed by atoms with Crippen LogP contribution in [0.15, 0.2) is 0 Å². The molecule has 0 bridgehead atoms. The summed E-state index contributed by atoms with van der Waals surface area (Å²) < 4.78 is 0. The molecule has 0 radical (unpaired) electrons. The summed E-state index contributed by atoms with van der Waals surface area (Å²) in [6, 6.07) is -0.514. The summed E-state index contributed by atoms with van der Waals surface area (Å²) in [7, 11) is 0. The Labute approximate surface area is 127 Å². The Hall–Kier alpha value is -1.14. The van der Waals surface area contributed by atoms with Crippen molar-refractivity contribution in [3.63, 3.8) is 0 Å². The van der Waals surface area contributed by atoms with E-state index in [4.69, 9.17) is 5.11 Å². The largest absolute Gasteiger partial charge is 0.480 e. The molecule has 6 nitrogen and oxygen atoms in total. The fourth-order valence-corrected chi connectivity index (χ4v) is 2.71. The first-order valence-electron chi connectivity index (χ1n) is 7.94. The van der Waals surface area contributed by atoms with Crippen LogP contribution < -0.4 is 5.32 Å². The number of nitrogens with one attached hydrogen (secondary N) is 1. The Kier molecular flexibility index (Phi) is 8.30. The van der Waals surface area contributed by atoms with E-state index < -0.39 is 12.0 Å². The van der Waals surface area contributed by atoms with E-state index in [-0.39, 0.29) is 5.91 Å². The summed E-state index contributed by atoms with van der Waals surface area (Å²) in [5, 5.41) is 11.9. The molecule has 1 unspecified atom stereocenters. The van der Waals surface area contributed by atoms with Gasteiger partial charge < -0.3 is 15.3 Å². The van der Waals surface area contributed by atoms with Crippen LogP contribution >= 0.6 is 0 Å². The molecule has 0 aromatic heterocycles. The third-order valence-electron chi connectivity index (χ3n) is 4.05. The van der Waals surface area contributed by atoms with Gasteiger partial charge in [-0.3, -0.25) is 14.5 Å². The van der Waals surface area contributed by atoms with Crippen molar-refractivity contribution in [2.24, 2.45) is 0 Å². The van der Waals surface area contributed by atoms with Crippen LogP contribution in [0.3, 0.4) is 0 Å². The summed E-state index contributed by atoms with van der Waals surface area (Å²) >= 11 is 0. The zero-order chi connectivity index (χ0) is 15.7. The van der Waals surface area contributed by atoms with Crippen molar-refractivity contribution in [3.05, 3.63) is 0 Å². The number of aliphatic carboxylic acids is 1. The number of hydrogen-bond acceptors (Lipinski definition) is 4. The molecule has 21 heavy (non-hydrogen) atoms. The Morgan fingerprint density at radius 3 is 2.48 bits per heavy atom. The highest BCUT2D eigenvalue weighted by Gasteiger charge is 2.20. The van der Waals surface area contributed by atoms with Gasteiger partial charge in [-0.15, -0.1) is 0 Å². The summed E-state index contributed by atoms with van der Waals surface area (Å²) in [6.07, 6.45) is 4.85. The van der Waals surface area contributed by atoms with Gasteiger partial charge in [-0.1, -0.05) is 6.42 Å². The van der Waals surface area contributed by atoms with Crippen molar-refractivity contribution in [1.82, 2.24) is 15.1 Å². The average molecular weight is 299 g/mol. The van der Waals surface area contributed by atoms with Crippen LogP contribution in [0.5, 0.6) is 0 Å². The molecule has 1 rings (SSSR count). The minimum atomic E-state index is -0.809. The van der Waals surface area contributed by atoms with E-state index in [1.807, 2.05) is 4.90 Å². The van der Waals surface area contributed by atoms with Gasteiger partial charge in [0.1, 0.15) is 6.04 Å². The summed E-state index contributed by atoms with van der Waals surface area (Å²) in [4.78, 5) is 26.5. The predicted molar refractivity (Wildman–Crippen MR) is 82.3 cm³/mol. The number of piperidine rings is 1. The van der Waals surface area contributed by atoms with Crippen LogP contribution in [0.4, 0.5) is 0 Å². The molecule has 0 aromatic rings. The number of likely N-dealkylation sites (tertiary alicyclic amines) is 1. The van der Waals surface area contributed by atoms with Crippen LogP contribution in [-0.4, -0.2) is 72.1 Å². The van der Waals surface area contributed by atoms with Gasteiger partial charge in [0, 0.05) is 26.6 Å². The van der Waals surface area contributed by atoms with E-state index in [0.717, 1.165) is 19.5 Å². The van der Waals surface area contributed by atoms with Gasteiger partial charge in [-0.25, -0.2) is 0 Å². The van der Waals surface area contributed by atoms with Crippen molar-refractivity contribution in [3.8, 4) is 0 Å². The molecule has 1 heterocycles. The van der Waals surface area contributed by atoms with E-state index >= 15 is 0 Å². The van der Waals surface area contributed by atoms with Crippen LogP contribution in [0.1, 0.15) is 39.5 Å². The first kappa shape index (κ1) is 17.9. The number of carbonyl (C=O) groups is 2. The van der Waals surface area contributed by atoms with Crippen LogP contribution in [0.2, 0.25) is 0 Å². The predicted octanol–water partition coefficient (Wildman–Crippen LogP) is 0.774. The van der Waals surface area contributed by atoms with E-state index in [1.54, 1.807) is 6.92 Å². The second kappa shape index (κ2) is 9.73. The standard InChI is InChI=1S/C15H29N3O3/c1-13(15(20)21)18(12-7-16-14(2)19)11-6-10-17-8-4-3-5-9-17/h13H,3-12H2,1-2H3,(H,16,19)(H,20,21). The smallest absolute Gasteiger partial charge is 0.320 e. The molecule has 2 N–H and O–H groups in total. The van der Waals surface area contributed by atoms with Gasteiger partial charge >= 0.3 is 5.97 Å². The number of amides is 1. The van der Waals surface area contributed by atoms with Crippen molar-refractivity contribution >= 4 is 11.9 Å². The van der Waals surface area contributed by atoms with Gasteiger partial charge in [0.25, 0.3) is 0 Å². The maximum absolute atomic E-state index is 11.2. The molecule has 0 spiro atoms. The van der Waals surface area contributed by atoms with Gasteiger partial charge in [-0.2, -0.15) is 0 Å². The van der Waals surface area contributed by atoms with Gasteiger partial charge in [0.15, 0.2) is 0 Å². The molecule has 0 aliphatic carbocycles. The number of nitrogens with zero attached hydrogens (tertiary/aromatic N) is 2. The third kappa shape index (κ3) is 7.43. The average Bonchev–Trinajstić information content (AvgIpc) is 2.45. The molecule has 1 aliphatic heterocycles. The number of carboxylic acids is 1. The lowest BCUT2D eigenvalue weighted by Crippen LogP contribution is -2.44. The van der Waals surface area contributed by atoms with Crippen molar-refractivity contribution < 1.29 is 14.7 Å². The zero-order valence-corrected chi connectivity index (χ0v) is 13.3. The van der Waals surface area contributed by atoms with E-state index in [2.05, 4.69) is 10.2 Å². The lowest BCUT2D eigenvalue weighted by atomic mass is 10.1. The number of hydrogen-bond donors (Lipinski definition) is 2. The highest BCUT2D eigenvalue weighted by molar-refractivity contribution is 5.73. The molecule has 1 amide bonds. The lowest BCUT2D eigenvalue weighted by molar-refractivity contribution is -0.142. The second-order valence-corrected chi connectivity index (χ2v) is 5.79. The van der Waals surface area contributed by atoms with E-state index in [0.29, 0.717) is 13.1 Å². The van der Waals surface area contributed by atoms with Crippen molar-refractivity contribution in [1.29, 1.82) is 0 Å².